The molecule has 0 saturated heterocycles. The average Bonchev–Trinajstić information content (AvgIpc) is 2.27. The first kappa shape index (κ1) is 10.5. The van der Waals surface area contributed by atoms with Crippen molar-refractivity contribution in [3.63, 3.8) is 0 Å². The largest absolute Gasteiger partial charge is 0.478 e. The van der Waals surface area contributed by atoms with Gasteiger partial charge in [0.25, 0.3) is 0 Å². The van der Waals surface area contributed by atoms with Gasteiger partial charge in [-0.3, -0.25) is 4.79 Å². The highest BCUT2D eigenvalue weighted by molar-refractivity contribution is 6.09. The molecule has 0 radical (unpaired) electrons. The van der Waals surface area contributed by atoms with Crippen molar-refractivity contribution in [2.45, 2.75) is 19.4 Å². The number of carboxylic acids is 1. The third kappa shape index (κ3) is 1.60. The van der Waals surface area contributed by atoms with Crippen LogP contribution in [-0.4, -0.2) is 23.0 Å². The van der Waals surface area contributed by atoms with E-state index in [-0.39, 0.29) is 17.5 Å². The summed E-state index contributed by atoms with van der Waals surface area (Å²) in [7, 11) is 0. The number of carbonyl (C=O) groups is 2. The second-order valence-corrected chi connectivity index (χ2v) is 3.63. The zero-order valence-corrected chi connectivity index (χ0v) is 8.78. The van der Waals surface area contributed by atoms with Crippen LogP contribution in [0.3, 0.4) is 0 Å². The Balaban J connectivity index is 2.46. The van der Waals surface area contributed by atoms with Crippen LogP contribution < -0.4 is 10.6 Å². The first-order valence-electron chi connectivity index (χ1n) is 5.07. The number of fused-ring (bicyclic) bond motifs is 1. The van der Waals surface area contributed by atoms with Gasteiger partial charge >= 0.3 is 5.97 Å². The van der Waals surface area contributed by atoms with Crippen LogP contribution in [-0.2, 0) is 4.79 Å². The van der Waals surface area contributed by atoms with E-state index in [1.165, 1.54) is 6.07 Å². The minimum atomic E-state index is -1.05. The number of nitrogens with one attached hydrogen (secondary N) is 2. The maximum Gasteiger partial charge on any atom is 0.337 e. The highest BCUT2D eigenvalue weighted by Gasteiger charge is 2.26. The summed E-state index contributed by atoms with van der Waals surface area (Å²) in [5.41, 5.74) is 1.11. The standard InChI is InChI=1S/C11H12N2O3/c1-2-7-10(14)13-9-6(11(15)16)4-3-5-8(9)12-7/h3-5,7,12H,2H2,1H3,(H,13,14)(H,15,16). The maximum absolute atomic E-state index is 11.6. The van der Waals surface area contributed by atoms with Crippen molar-refractivity contribution >= 4 is 23.3 Å². The van der Waals surface area contributed by atoms with E-state index >= 15 is 0 Å². The second-order valence-electron chi connectivity index (χ2n) is 3.63. The normalized spacial score (nSPS) is 18.3. The molecule has 1 atom stereocenters. The fraction of sp³-hybridized carbons (Fsp3) is 0.273. The van der Waals surface area contributed by atoms with E-state index in [4.69, 9.17) is 5.11 Å². The lowest BCUT2D eigenvalue weighted by atomic mass is 10.1. The summed E-state index contributed by atoms with van der Waals surface area (Å²) in [6.45, 7) is 1.89. The number of benzene rings is 1. The SMILES string of the molecule is CCC1Nc2cccc(C(=O)O)c2NC1=O. The van der Waals surface area contributed by atoms with E-state index in [0.29, 0.717) is 17.8 Å². The molecule has 1 heterocycles. The molecular formula is C11H12N2O3. The van der Waals surface area contributed by atoms with Gasteiger partial charge < -0.3 is 15.7 Å². The van der Waals surface area contributed by atoms with Gasteiger partial charge in [-0.1, -0.05) is 13.0 Å². The number of carbonyl (C=O) groups excluding carboxylic acids is 1. The Hall–Kier alpha value is -2.04. The number of hydrogen-bond acceptors (Lipinski definition) is 3. The molecule has 0 bridgehead atoms. The third-order valence-corrected chi connectivity index (χ3v) is 2.60. The van der Waals surface area contributed by atoms with Crippen molar-refractivity contribution in [2.24, 2.45) is 0 Å². The highest BCUT2D eigenvalue weighted by Crippen LogP contribution is 2.30. The summed E-state index contributed by atoms with van der Waals surface area (Å²) < 4.78 is 0. The van der Waals surface area contributed by atoms with Crippen molar-refractivity contribution < 1.29 is 14.7 Å². The Morgan fingerprint density at radius 3 is 2.88 bits per heavy atom. The van der Waals surface area contributed by atoms with E-state index < -0.39 is 5.97 Å². The van der Waals surface area contributed by atoms with E-state index in [0.717, 1.165) is 0 Å². The van der Waals surface area contributed by atoms with Crippen LogP contribution in [0, 0.1) is 0 Å². The average molecular weight is 220 g/mol. The fourth-order valence-corrected chi connectivity index (χ4v) is 1.74. The Morgan fingerprint density at radius 2 is 2.25 bits per heavy atom. The van der Waals surface area contributed by atoms with Crippen molar-refractivity contribution in [3.8, 4) is 0 Å². The number of rotatable bonds is 2. The lowest BCUT2D eigenvalue weighted by Crippen LogP contribution is -2.38. The predicted octanol–water partition coefficient (Wildman–Crippen LogP) is 1.53. The molecule has 0 aromatic heterocycles. The molecule has 5 heteroatoms. The minimum absolute atomic E-state index is 0.105. The van der Waals surface area contributed by atoms with Crippen LogP contribution >= 0.6 is 0 Å². The molecule has 84 valence electrons. The van der Waals surface area contributed by atoms with Crippen molar-refractivity contribution in [1.82, 2.24) is 0 Å². The van der Waals surface area contributed by atoms with E-state index in [1.807, 2.05) is 6.92 Å². The van der Waals surface area contributed by atoms with Crippen LogP contribution in [0.4, 0.5) is 11.4 Å². The van der Waals surface area contributed by atoms with Crippen molar-refractivity contribution in [3.05, 3.63) is 23.8 Å². The Morgan fingerprint density at radius 1 is 1.50 bits per heavy atom. The minimum Gasteiger partial charge on any atom is -0.478 e. The lowest BCUT2D eigenvalue weighted by molar-refractivity contribution is -0.117. The van der Waals surface area contributed by atoms with Crippen LogP contribution in [0.1, 0.15) is 23.7 Å². The number of aromatic carboxylic acids is 1. The van der Waals surface area contributed by atoms with Crippen molar-refractivity contribution in [2.75, 3.05) is 10.6 Å². The molecule has 3 N–H and O–H groups in total. The van der Waals surface area contributed by atoms with Crippen LogP contribution in [0.15, 0.2) is 18.2 Å². The first-order valence-corrected chi connectivity index (χ1v) is 5.07. The second kappa shape index (κ2) is 3.84. The summed E-state index contributed by atoms with van der Waals surface area (Å²) in [4.78, 5) is 22.5. The number of carboxylic acid groups (broad SMARTS) is 1. The van der Waals surface area contributed by atoms with Gasteiger partial charge in [0.2, 0.25) is 5.91 Å². The smallest absolute Gasteiger partial charge is 0.337 e. The molecule has 1 amide bonds. The molecule has 0 fully saturated rings. The Labute approximate surface area is 92.5 Å². The van der Waals surface area contributed by atoms with E-state index in [2.05, 4.69) is 10.6 Å². The maximum atomic E-state index is 11.6. The van der Waals surface area contributed by atoms with Gasteiger partial charge in [-0.05, 0) is 18.6 Å². The summed E-state index contributed by atoms with van der Waals surface area (Å²) in [6, 6.07) is 4.58. The number of anilines is 2. The third-order valence-electron chi connectivity index (χ3n) is 2.60. The van der Waals surface area contributed by atoms with Gasteiger partial charge in [0.1, 0.15) is 6.04 Å². The molecule has 0 aliphatic carbocycles. The summed E-state index contributed by atoms with van der Waals surface area (Å²) in [5.74, 6) is -1.24. The van der Waals surface area contributed by atoms with E-state index in [9.17, 15) is 9.59 Å². The molecule has 5 nitrogen and oxygen atoms in total. The zero-order chi connectivity index (χ0) is 11.7. The monoisotopic (exact) mass is 220 g/mol. The fourth-order valence-electron chi connectivity index (χ4n) is 1.74. The molecule has 1 unspecified atom stereocenters. The highest BCUT2D eigenvalue weighted by atomic mass is 16.4. The summed E-state index contributed by atoms with van der Waals surface area (Å²) in [6.07, 6.45) is 0.655. The molecular weight excluding hydrogens is 208 g/mol. The number of para-hydroxylation sites is 1. The van der Waals surface area contributed by atoms with Crippen LogP contribution in [0.2, 0.25) is 0 Å². The molecule has 1 aromatic rings. The molecule has 0 spiro atoms. The predicted molar refractivity (Wildman–Crippen MR) is 59.7 cm³/mol. The molecule has 1 aliphatic heterocycles. The number of amides is 1. The van der Waals surface area contributed by atoms with Gasteiger partial charge in [0.05, 0.1) is 16.9 Å². The van der Waals surface area contributed by atoms with Gasteiger partial charge in [-0.25, -0.2) is 4.79 Å². The molecule has 0 saturated carbocycles. The van der Waals surface area contributed by atoms with Crippen molar-refractivity contribution in [1.29, 1.82) is 0 Å². The first-order chi connectivity index (χ1) is 7.63. The summed E-state index contributed by atoms with van der Waals surface area (Å²) >= 11 is 0. The Bertz CT molecular complexity index is 457. The van der Waals surface area contributed by atoms with Gasteiger partial charge in [-0.2, -0.15) is 0 Å². The molecule has 2 rings (SSSR count). The summed E-state index contributed by atoms with van der Waals surface area (Å²) in [5, 5.41) is 14.6. The van der Waals surface area contributed by atoms with E-state index in [1.54, 1.807) is 12.1 Å². The zero-order valence-electron chi connectivity index (χ0n) is 8.78. The topological polar surface area (TPSA) is 78.4 Å². The quantitative estimate of drug-likeness (QED) is 0.706. The molecule has 1 aromatic carbocycles. The number of hydrogen-bond donors (Lipinski definition) is 3. The Kier molecular flexibility index (Phi) is 2.52. The van der Waals surface area contributed by atoms with Gasteiger partial charge in [0.15, 0.2) is 0 Å². The van der Waals surface area contributed by atoms with Gasteiger partial charge in [-0.15, -0.1) is 0 Å². The van der Waals surface area contributed by atoms with Crippen LogP contribution in [0.25, 0.3) is 0 Å². The molecule has 16 heavy (non-hydrogen) atoms. The molecule has 1 aliphatic rings. The van der Waals surface area contributed by atoms with Gasteiger partial charge in [0, 0.05) is 0 Å². The van der Waals surface area contributed by atoms with Crippen LogP contribution in [0.5, 0.6) is 0 Å². The lowest BCUT2D eigenvalue weighted by Gasteiger charge is -2.26.